The Hall–Kier alpha value is -2.80. The number of aliphatic hydroxyl groups is 1. The number of ether oxygens (including phenoxy) is 2. The van der Waals surface area contributed by atoms with E-state index in [0.717, 1.165) is 6.20 Å². The van der Waals surface area contributed by atoms with E-state index >= 15 is 0 Å². The van der Waals surface area contributed by atoms with Crippen LogP contribution < -0.4 is 15.3 Å². The van der Waals surface area contributed by atoms with Crippen molar-refractivity contribution in [2.45, 2.75) is 63.2 Å². The van der Waals surface area contributed by atoms with Crippen LogP contribution in [0.1, 0.15) is 33.9 Å². The molecule has 3 heterocycles. The van der Waals surface area contributed by atoms with E-state index in [1.165, 1.54) is 24.7 Å². The SMILES string of the molecule is CC(C)OC(=O)[C@@H](C)N[P@](=O)(OC[C@H]1O[C@@H](n2cc(F)c3c(N)ncnc32)[C@](C)(Cl)[C@@H]1O)Oc1ccccc1. The second-order valence-electron chi connectivity index (χ2n) is 9.50. The minimum absolute atomic E-state index is 0.0185. The van der Waals surface area contributed by atoms with Crippen molar-refractivity contribution in [2.75, 3.05) is 12.3 Å². The van der Waals surface area contributed by atoms with Crippen LogP contribution in [0.5, 0.6) is 5.75 Å². The number of benzene rings is 1. The van der Waals surface area contributed by atoms with Crippen molar-refractivity contribution >= 4 is 42.2 Å². The number of hydrogen-bond acceptors (Lipinski definition) is 10. The normalized spacial score (nSPS) is 25.5. The van der Waals surface area contributed by atoms with Gasteiger partial charge in [-0.15, -0.1) is 11.6 Å². The number of esters is 1. The van der Waals surface area contributed by atoms with Gasteiger partial charge >= 0.3 is 13.7 Å². The quantitative estimate of drug-likeness (QED) is 0.181. The fourth-order valence-corrected chi connectivity index (χ4v) is 5.90. The lowest BCUT2D eigenvalue weighted by Crippen LogP contribution is -2.40. The number of hydrogen-bond donors (Lipinski definition) is 3. The molecule has 212 valence electrons. The second kappa shape index (κ2) is 11.4. The number of anilines is 1. The van der Waals surface area contributed by atoms with Crippen molar-refractivity contribution in [3.63, 3.8) is 0 Å². The van der Waals surface area contributed by atoms with E-state index < -0.39 is 61.6 Å². The standard InChI is InChI=1S/C24H30ClFN5O7P/c1-13(2)36-22(33)14(3)30-39(34,38-15-8-6-5-7-9-15)35-11-17-19(32)24(4,25)23(37-17)31-10-16(26)18-20(27)28-12-29-21(18)31/h5-10,12-14,17,19,23,32H,11H2,1-4H3,(H,30,34)(H2,27,28,29)/t14-,17-,19-,23-,24-,39+/m1/s1. The number of fused-ring (bicyclic) bond motifs is 1. The van der Waals surface area contributed by atoms with Crippen LogP contribution in [-0.4, -0.2) is 61.4 Å². The summed E-state index contributed by atoms with van der Waals surface area (Å²) in [5.74, 6) is -1.22. The highest BCUT2D eigenvalue weighted by Crippen LogP contribution is 2.49. The van der Waals surface area contributed by atoms with Crippen molar-refractivity contribution in [2.24, 2.45) is 0 Å². The zero-order valence-corrected chi connectivity index (χ0v) is 23.3. The monoisotopic (exact) mass is 585 g/mol. The molecule has 1 aromatic carbocycles. The highest BCUT2D eigenvalue weighted by atomic mass is 35.5. The first kappa shape index (κ1) is 29.2. The van der Waals surface area contributed by atoms with Gasteiger partial charge in [-0.2, -0.15) is 5.09 Å². The number of nitrogen functional groups attached to an aromatic ring is 1. The molecule has 39 heavy (non-hydrogen) atoms. The van der Waals surface area contributed by atoms with Gasteiger partial charge in [0.25, 0.3) is 0 Å². The molecule has 4 rings (SSSR count). The highest BCUT2D eigenvalue weighted by Gasteiger charge is 2.54. The van der Waals surface area contributed by atoms with E-state index in [-0.39, 0.29) is 22.6 Å². The van der Waals surface area contributed by atoms with E-state index in [4.69, 9.17) is 35.9 Å². The van der Waals surface area contributed by atoms with E-state index in [1.54, 1.807) is 44.2 Å². The topological polar surface area (TPSA) is 160 Å². The lowest BCUT2D eigenvalue weighted by Gasteiger charge is -2.26. The molecule has 1 aliphatic heterocycles. The summed E-state index contributed by atoms with van der Waals surface area (Å²) in [6, 6.07) is 7.12. The van der Waals surface area contributed by atoms with Gasteiger partial charge in [-0.05, 0) is 39.8 Å². The summed E-state index contributed by atoms with van der Waals surface area (Å²) in [5, 5.41) is 13.6. The zero-order valence-electron chi connectivity index (χ0n) is 21.7. The Kier molecular flexibility index (Phi) is 8.50. The molecule has 1 aliphatic rings. The van der Waals surface area contributed by atoms with Gasteiger partial charge in [0.2, 0.25) is 0 Å². The Morgan fingerprint density at radius 2 is 2.03 bits per heavy atom. The van der Waals surface area contributed by atoms with Crippen LogP contribution in [0.2, 0.25) is 0 Å². The van der Waals surface area contributed by atoms with E-state index in [2.05, 4.69) is 15.1 Å². The number of alkyl halides is 1. The summed E-state index contributed by atoms with van der Waals surface area (Å²) in [6.07, 6.45) is -1.75. The molecule has 4 N–H and O–H groups in total. The lowest BCUT2D eigenvalue weighted by atomic mass is 10.0. The molecule has 0 spiro atoms. The first-order valence-electron chi connectivity index (χ1n) is 12.1. The van der Waals surface area contributed by atoms with Gasteiger partial charge in [-0.1, -0.05) is 18.2 Å². The van der Waals surface area contributed by atoms with Crippen LogP contribution in [0.15, 0.2) is 42.9 Å². The fraction of sp³-hybridized carbons (Fsp3) is 0.458. The second-order valence-corrected chi connectivity index (χ2v) is 12.0. The molecule has 3 aromatic rings. The van der Waals surface area contributed by atoms with E-state index in [1.807, 2.05) is 0 Å². The van der Waals surface area contributed by atoms with E-state index in [0.29, 0.717) is 0 Å². The zero-order chi connectivity index (χ0) is 28.5. The van der Waals surface area contributed by atoms with Gasteiger partial charge in [0, 0.05) is 6.20 Å². The third-order valence-electron chi connectivity index (χ3n) is 6.00. The summed E-state index contributed by atoms with van der Waals surface area (Å²) in [4.78, 5) is 18.8. The Labute approximate surface area is 229 Å². The average Bonchev–Trinajstić information content (AvgIpc) is 3.31. The molecular formula is C24H30ClFN5O7P. The molecule has 1 saturated heterocycles. The largest absolute Gasteiger partial charge is 0.462 e. The Morgan fingerprint density at radius 3 is 2.69 bits per heavy atom. The van der Waals surface area contributed by atoms with Gasteiger partial charge in [0.05, 0.1) is 18.1 Å². The minimum Gasteiger partial charge on any atom is -0.462 e. The lowest BCUT2D eigenvalue weighted by molar-refractivity contribution is -0.149. The first-order chi connectivity index (χ1) is 18.3. The summed E-state index contributed by atoms with van der Waals surface area (Å²) in [5.41, 5.74) is 5.92. The number of aliphatic hydroxyl groups excluding tert-OH is 1. The van der Waals surface area contributed by atoms with Crippen LogP contribution in [-0.2, 0) is 23.4 Å². The molecule has 0 unspecified atom stereocenters. The number of nitrogens with one attached hydrogen (secondary N) is 1. The number of rotatable bonds is 10. The minimum atomic E-state index is -4.24. The number of halogens is 2. The predicted octanol–water partition coefficient (Wildman–Crippen LogP) is 3.54. The smallest absolute Gasteiger partial charge is 0.459 e. The maximum Gasteiger partial charge on any atom is 0.459 e. The molecular weight excluding hydrogens is 556 g/mol. The Balaban J connectivity index is 1.56. The number of para-hydroxylation sites is 1. The van der Waals surface area contributed by atoms with Crippen molar-refractivity contribution < 1.29 is 37.4 Å². The molecule has 0 aliphatic carbocycles. The summed E-state index contributed by atoms with van der Waals surface area (Å²) < 4.78 is 52.2. The Morgan fingerprint density at radius 1 is 1.33 bits per heavy atom. The van der Waals surface area contributed by atoms with Crippen molar-refractivity contribution in [1.82, 2.24) is 19.6 Å². The maximum absolute atomic E-state index is 14.7. The molecule has 0 amide bonds. The third kappa shape index (κ3) is 6.19. The van der Waals surface area contributed by atoms with Crippen molar-refractivity contribution in [3.8, 4) is 5.75 Å². The summed E-state index contributed by atoms with van der Waals surface area (Å²) in [7, 11) is -4.24. The van der Waals surface area contributed by atoms with Gasteiger partial charge < -0.3 is 29.4 Å². The molecule has 0 radical (unpaired) electrons. The van der Waals surface area contributed by atoms with Crippen LogP contribution in [0.4, 0.5) is 10.2 Å². The van der Waals surface area contributed by atoms with E-state index in [9.17, 15) is 18.9 Å². The predicted molar refractivity (Wildman–Crippen MR) is 141 cm³/mol. The molecule has 12 nitrogen and oxygen atoms in total. The third-order valence-corrected chi connectivity index (χ3v) is 8.05. The number of aromatic nitrogens is 3. The number of carbonyl (C=O) groups is 1. The first-order valence-corrected chi connectivity index (χ1v) is 14.0. The summed E-state index contributed by atoms with van der Waals surface area (Å²) in [6.45, 7) is 5.84. The van der Waals surface area contributed by atoms with Crippen LogP contribution in [0.3, 0.4) is 0 Å². The van der Waals surface area contributed by atoms with Crippen molar-refractivity contribution in [1.29, 1.82) is 0 Å². The highest BCUT2D eigenvalue weighted by molar-refractivity contribution is 7.52. The number of carbonyl (C=O) groups excluding carboxylic acids is 1. The van der Waals surface area contributed by atoms with Gasteiger partial charge in [0.1, 0.15) is 41.0 Å². The number of nitrogens with zero attached hydrogens (tertiary/aromatic N) is 3. The molecule has 1 fully saturated rings. The Bertz CT molecular complexity index is 1380. The van der Waals surface area contributed by atoms with Crippen LogP contribution in [0, 0.1) is 5.82 Å². The number of nitrogens with two attached hydrogens (primary N) is 1. The average molecular weight is 586 g/mol. The molecule has 0 bridgehead atoms. The summed E-state index contributed by atoms with van der Waals surface area (Å²) >= 11 is 6.69. The molecule has 6 atom stereocenters. The molecule has 2 aromatic heterocycles. The van der Waals surface area contributed by atoms with Gasteiger partial charge in [-0.25, -0.2) is 18.9 Å². The van der Waals surface area contributed by atoms with Gasteiger partial charge in [-0.3, -0.25) is 9.32 Å². The van der Waals surface area contributed by atoms with Crippen molar-refractivity contribution in [3.05, 3.63) is 48.7 Å². The fourth-order valence-electron chi connectivity index (χ4n) is 4.10. The maximum atomic E-state index is 14.7. The molecule has 0 saturated carbocycles. The van der Waals surface area contributed by atoms with Gasteiger partial charge in [0.15, 0.2) is 17.7 Å². The molecule has 15 heteroatoms. The van der Waals surface area contributed by atoms with Crippen LogP contribution in [0.25, 0.3) is 11.0 Å². The van der Waals surface area contributed by atoms with Crippen LogP contribution >= 0.6 is 19.3 Å².